The van der Waals surface area contributed by atoms with Gasteiger partial charge < -0.3 is 4.90 Å². The lowest BCUT2D eigenvalue weighted by molar-refractivity contribution is -0.137. The maximum atomic E-state index is 13.6. The Hall–Kier alpha value is -0.900. The number of hydrogen-bond acceptors (Lipinski definition) is 3. The van der Waals surface area contributed by atoms with Crippen molar-refractivity contribution in [3.63, 3.8) is 0 Å². The molecule has 0 fully saturated rings. The maximum absolute atomic E-state index is 13.6. The average molecular weight is 379 g/mol. The molecule has 1 N–H and O–H groups in total. The quantitative estimate of drug-likeness (QED) is 0.742. The molecule has 0 unspecified atom stereocenters. The lowest BCUT2D eigenvalue weighted by Gasteiger charge is -2.18. The van der Waals surface area contributed by atoms with Gasteiger partial charge in [0.1, 0.15) is 10.7 Å². The molecule has 0 heterocycles. The summed E-state index contributed by atoms with van der Waals surface area (Å²) in [4.78, 5) is 0.923. The zero-order chi connectivity index (χ0) is 17.0. The van der Waals surface area contributed by atoms with Crippen LogP contribution < -0.4 is 4.72 Å². The molecule has 0 spiro atoms. The van der Waals surface area contributed by atoms with Crippen molar-refractivity contribution >= 4 is 22.4 Å². The van der Waals surface area contributed by atoms with Crippen LogP contribution in [0.2, 0.25) is 0 Å². The van der Waals surface area contributed by atoms with Gasteiger partial charge in [-0.2, -0.15) is 13.2 Å². The van der Waals surface area contributed by atoms with E-state index in [0.29, 0.717) is 37.8 Å². The van der Waals surface area contributed by atoms with E-state index in [-0.39, 0.29) is 19.0 Å². The predicted molar refractivity (Wildman–Crippen MR) is 81.6 cm³/mol. The molecule has 0 amide bonds. The molecule has 0 bridgehead atoms. The molecule has 0 saturated carbocycles. The third-order valence-corrected chi connectivity index (χ3v) is 4.64. The minimum atomic E-state index is -4.74. The lowest BCUT2D eigenvalue weighted by Crippen LogP contribution is -2.35. The molecule has 0 radical (unpaired) electrons. The monoisotopic (exact) mass is 378 g/mol. The highest BCUT2D eigenvalue weighted by Crippen LogP contribution is 2.31. The van der Waals surface area contributed by atoms with Crippen molar-refractivity contribution in [1.29, 1.82) is 0 Å². The third-order valence-electron chi connectivity index (χ3n) is 3.16. The summed E-state index contributed by atoms with van der Waals surface area (Å²) in [5.74, 6) is -1.22. The van der Waals surface area contributed by atoms with Gasteiger partial charge in [-0.05, 0) is 31.3 Å². The van der Waals surface area contributed by atoms with Crippen molar-refractivity contribution in [1.82, 2.24) is 9.62 Å². The second-order valence-corrected chi connectivity index (χ2v) is 6.30. The van der Waals surface area contributed by atoms with Crippen molar-refractivity contribution < 1.29 is 26.0 Å². The molecule has 0 aromatic heterocycles. The van der Waals surface area contributed by atoms with Gasteiger partial charge in [0.2, 0.25) is 10.0 Å². The molecule has 4 nitrogen and oxygen atoms in total. The highest BCUT2D eigenvalue weighted by molar-refractivity contribution is 7.89. The van der Waals surface area contributed by atoms with Gasteiger partial charge in [-0.1, -0.05) is 13.8 Å². The zero-order valence-corrected chi connectivity index (χ0v) is 14.3. The van der Waals surface area contributed by atoms with Crippen molar-refractivity contribution in [2.75, 3.05) is 26.2 Å². The number of nitrogens with one attached hydrogen (secondary N) is 1. The Morgan fingerprint density at radius 1 is 1.17 bits per heavy atom. The Labute approximate surface area is 139 Å². The standard InChI is InChI=1S/C13H18F4N2O2S.ClH/c1-3-19(4-2)8-7-18-22(20,21)12-9-10(13(15,16)17)5-6-11(12)14;/h5-6,9,18H,3-4,7-8H2,1-2H3;1H. The van der Waals surface area contributed by atoms with E-state index in [9.17, 15) is 26.0 Å². The van der Waals surface area contributed by atoms with Crippen LogP contribution in [0, 0.1) is 5.82 Å². The van der Waals surface area contributed by atoms with Gasteiger partial charge in [-0.25, -0.2) is 17.5 Å². The summed E-state index contributed by atoms with van der Waals surface area (Å²) in [6, 6.07) is 1.31. The second-order valence-electron chi connectivity index (χ2n) is 4.57. The smallest absolute Gasteiger partial charge is 0.303 e. The fourth-order valence-electron chi connectivity index (χ4n) is 1.84. The summed E-state index contributed by atoms with van der Waals surface area (Å²) in [5, 5.41) is 0. The van der Waals surface area contributed by atoms with Gasteiger partial charge in [0.15, 0.2) is 0 Å². The van der Waals surface area contributed by atoms with E-state index in [1.54, 1.807) is 0 Å². The van der Waals surface area contributed by atoms with E-state index < -0.39 is 32.5 Å². The summed E-state index contributed by atoms with van der Waals surface area (Å²) in [6.45, 7) is 5.56. The van der Waals surface area contributed by atoms with E-state index in [1.807, 2.05) is 18.7 Å². The molecule has 0 saturated heterocycles. The summed E-state index contributed by atoms with van der Waals surface area (Å²) >= 11 is 0. The van der Waals surface area contributed by atoms with Crippen LogP contribution in [0.3, 0.4) is 0 Å². The van der Waals surface area contributed by atoms with Crippen LogP contribution in [0.4, 0.5) is 17.6 Å². The first kappa shape index (κ1) is 22.1. The maximum Gasteiger partial charge on any atom is 0.416 e. The van der Waals surface area contributed by atoms with E-state index in [2.05, 4.69) is 4.72 Å². The number of hydrogen-bond donors (Lipinski definition) is 1. The molecule has 0 atom stereocenters. The largest absolute Gasteiger partial charge is 0.416 e. The first-order chi connectivity index (χ1) is 10.1. The number of rotatable bonds is 7. The van der Waals surface area contributed by atoms with Crippen molar-refractivity contribution in [2.45, 2.75) is 24.9 Å². The first-order valence-corrected chi connectivity index (χ1v) is 8.19. The van der Waals surface area contributed by atoms with Crippen LogP contribution in [0.5, 0.6) is 0 Å². The summed E-state index contributed by atoms with van der Waals surface area (Å²) in [6.07, 6.45) is -4.74. The Balaban J connectivity index is 0.00000484. The van der Waals surface area contributed by atoms with Gasteiger partial charge in [-0.15, -0.1) is 12.4 Å². The van der Waals surface area contributed by atoms with Crippen molar-refractivity contribution in [3.8, 4) is 0 Å². The van der Waals surface area contributed by atoms with E-state index in [4.69, 9.17) is 0 Å². The minimum absolute atomic E-state index is 0. The van der Waals surface area contributed by atoms with Crippen LogP contribution in [0.25, 0.3) is 0 Å². The average Bonchev–Trinajstić information content (AvgIpc) is 2.42. The Morgan fingerprint density at radius 3 is 2.22 bits per heavy atom. The fourth-order valence-corrected chi connectivity index (χ4v) is 2.96. The fraction of sp³-hybridized carbons (Fsp3) is 0.538. The lowest BCUT2D eigenvalue weighted by atomic mass is 10.2. The van der Waals surface area contributed by atoms with Crippen LogP contribution in [0.15, 0.2) is 23.1 Å². The molecule has 0 aliphatic rings. The van der Waals surface area contributed by atoms with Crippen LogP contribution >= 0.6 is 12.4 Å². The van der Waals surface area contributed by atoms with Gasteiger partial charge in [0.05, 0.1) is 5.56 Å². The zero-order valence-electron chi connectivity index (χ0n) is 12.7. The highest BCUT2D eigenvalue weighted by Gasteiger charge is 2.33. The molecule has 1 aromatic carbocycles. The first-order valence-electron chi connectivity index (χ1n) is 6.70. The molecular weight excluding hydrogens is 360 g/mol. The van der Waals surface area contributed by atoms with Crippen LogP contribution in [0.1, 0.15) is 19.4 Å². The van der Waals surface area contributed by atoms with Gasteiger partial charge >= 0.3 is 6.18 Å². The summed E-state index contributed by atoms with van der Waals surface area (Å²) in [7, 11) is -4.34. The van der Waals surface area contributed by atoms with Crippen LogP contribution in [-0.4, -0.2) is 39.5 Å². The number of nitrogens with zero attached hydrogens (tertiary/aromatic N) is 1. The number of sulfonamides is 1. The molecule has 1 rings (SSSR count). The summed E-state index contributed by atoms with van der Waals surface area (Å²) in [5.41, 5.74) is -1.21. The Bertz CT molecular complexity index is 604. The van der Waals surface area contributed by atoms with Crippen molar-refractivity contribution in [3.05, 3.63) is 29.6 Å². The molecule has 134 valence electrons. The van der Waals surface area contributed by atoms with E-state index in [0.717, 1.165) is 0 Å². The second kappa shape index (κ2) is 8.81. The van der Waals surface area contributed by atoms with Crippen LogP contribution in [-0.2, 0) is 16.2 Å². The SMILES string of the molecule is CCN(CC)CCNS(=O)(=O)c1cc(C(F)(F)F)ccc1F.Cl. The van der Waals surface area contributed by atoms with Gasteiger partial charge in [0, 0.05) is 13.1 Å². The van der Waals surface area contributed by atoms with Gasteiger partial charge in [-0.3, -0.25) is 0 Å². The molecule has 0 aliphatic heterocycles. The predicted octanol–water partition coefficient (Wildman–Crippen LogP) is 2.89. The Morgan fingerprint density at radius 2 is 1.74 bits per heavy atom. The molecular formula is C13H19ClF4N2O2S. The van der Waals surface area contributed by atoms with Crippen molar-refractivity contribution in [2.24, 2.45) is 0 Å². The normalized spacial score (nSPS) is 12.3. The number of likely N-dealkylation sites (N-methyl/N-ethyl adjacent to an activating group) is 1. The summed E-state index contributed by atoms with van der Waals surface area (Å²) < 4.78 is 77.4. The van der Waals surface area contributed by atoms with E-state index in [1.165, 1.54) is 0 Å². The number of alkyl halides is 3. The Kier molecular flexibility index (Phi) is 8.47. The molecule has 10 heteroatoms. The van der Waals surface area contributed by atoms with E-state index >= 15 is 0 Å². The minimum Gasteiger partial charge on any atom is -0.303 e. The highest BCUT2D eigenvalue weighted by atomic mass is 35.5. The molecule has 23 heavy (non-hydrogen) atoms. The third kappa shape index (κ3) is 6.25. The van der Waals surface area contributed by atoms with Gasteiger partial charge in [0.25, 0.3) is 0 Å². The topological polar surface area (TPSA) is 49.4 Å². The number of benzene rings is 1. The number of halogens is 5. The molecule has 1 aromatic rings. The molecule has 0 aliphatic carbocycles.